The molecule has 5 nitrogen and oxygen atoms in total. The topological polar surface area (TPSA) is 67.4 Å². The number of ether oxygens (including phenoxy) is 1. The molecule has 1 rings (SSSR count). The first-order valence-electron chi connectivity index (χ1n) is 6.58. The first-order chi connectivity index (χ1) is 8.29. The number of amides is 2. The highest BCUT2D eigenvalue weighted by Crippen LogP contribution is 2.29. The van der Waals surface area contributed by atoms with Crippen molar-refractivity contribution < 1.29 is 14.3 Å². The van der Waals surface area contributed by atoms with Crippen LogP contribution in [0.3, 0.4) is 0 Å². The fourth-order valence-electron chi connectivity index (χ4n) is 2.21. The number of nitrogens with one attached hydrogen (secondary N) is 2. The third-order valence-electron chi connectivity index (χ3n) is 3.13. The normalized spacial score (nSPS) is 24.2. The van der Waals surface area contributed by atoms with E-state index in [0.29, 0.717) is 5.92 Å². The van der Waals surface area contributed by atoms with Crippen molar-refractivity contribution >= 4 is 12.0 Å². The van der Waals surface area contributed by atoms with E-state index < -0.39 is 11.7 Å². The van der Waals surface area contributed by atoms with Crippen LogP contribution in [0.1, 0.15) is 53.4 Å². The third kappa shape index (κ3) is 4.94. The average molecular weight is 256 g/mol. The van der Waals surface area contributed by atoms with Crippen molar-refractivity contribution in [3.63, 3.8) is 0 Å². The molecule has 2 N–H and O–H groups in total. The molecule has 1 aliphatic carbocycles. The van der Waals surface area contributed by atoms with Gasteiger partial charge in [0.2, 0.25) is 5.91 Å². The summed E-state index contributed by atoms with van der Waals surface area (Å²) >= 11 is 0. The zero-order valence-corrected chi connectivity index (χ0v) is 11.7. The quantitative estimate of drug-likeness (QED) is 0.708. The van der Waals surface area contributed by atoms with Crippen molar-refractivity contribution in [2.45, 2.75) is 59.0 Å². The highest BCUT2D eigenvalue weighted by Gasteiger charge is 2.28. The molecule has 0 aliphatic heterocycles. The predicted octanol–water partition coefficient (Wildman–Crippen LogP) is 2.37. The smallest absolute Gasteiger partial charge is 0.426 e. The Kier molecular flexibility index (Phi) is 4.99. The van der Waals surface area contributed by atoms with Crippen LogP contribution in [0, 0.1) is 11.8 Å². The second kappa shape index (κ2) is 6.07. The standard InChI is InChI=1S/C13H24N2O3/c1-9-7-5-6-8-10(9)11(16)14-15-12(17)18-13(2,3)4/h9-10H,5-8H2,1-4H3,(H,14,16)(H,15,17)/t9-,10-/m0/s1. The lowest BCUT2D eigenvalue weighted by Gasteiger charge is -2.27. The van der Waals surface area contributed by atoms with Crippen LogP contribution in [0.4, 0.5) is 4.79 Å². The molecule has 2 atom stereocenters. The third-order valence-corrected chi connectivity index (χ3v) is 3.13. The SMILES string of the molecule is C[C@H]1CCCC[C@@H]1C(=O)NNC(=O)OC(C)(C)C. The van der Waals surface area contributed by atoms with Crippen molar-refractivity contribution in [2.75, 3.05) is 0 Å². The minimum atomic E-state index is -0.626. The van der Waals surface area contributed by atoms with Gasteiger partial charge in [-0.25, -0.2) is 10.2 Å². The molecule has 0 spiro atoms. The van der Waals surface area contributed by atoms with E-state index in [4.69, 9.17) is 4.74 Å². The van der Waals surface area contributed by atoms with Crippen molar-refractivity contribution in [3.8, 4) is 0 Å². The number of hydrogen-bond donors (Lipinski definition) is 2. The van der Waals surface area contributed by atoms with E-state index in [1.165, 1.54) is 6.42 Å². The fourth-order valence-corrected chi connectivity index (χ4v) is 2.21. The first-order valence-corrected chi connectivity index (χ1v) is 6.58. The van der Waals surface area contributed by atoms with Gasteiger partial charge in [0.1, 0.15) is 5.60 Å². The Morgan fingerprint density at radius 2 is 1.72 bits per heavy atom. The van der Waals surface area contributed by atoms with Crippen LogP contribution in [-0.4, -0.2) is 17.6 Å². The number of carbonyl (C=O) groups is 2. The molecule has 104 valence electrons. The summed E-state index contributed by atoms with van der Waals surface area (Å²) in [7, 11) is 0. The maximum Gasteiger partial charge on any atom is 0.426 e. The summed E-state index contributed by atoms with van der Waals surface area (Å²) in [5.41, 5.74) is 4.18. The number of carbonyl (C=O) groups excluding carboxylic acids is 2. The lowest BCUT2D eigenvalue weighted by molar-refractivity contribution is -0.128. The van der Waals surface area contributed by atoms with E-state index in [-0.39, 0.29) is 11.8 Å². The van der Waals surface area contributed by atoms with Gasteiger partial charge in [0.25, 0.3) is 0 Å². The van der Waals surface area contributed by atoms with Crippen molar-refractivity contribution in [1.29, 1.82) is 0 Å². The molecule has 0 heterocycles. The summed E-state index contributed by atoms with van der Waals surface area (Å²) in [5, 5.41) is 0. The zero-order valence-electron chi connectivity index (χ0n) is 11.7. The highest BCUT2D eigenvalue weighted by atomic mass is 16.6. The average Bonchev–Trinajstić information content (AvgIpc) is 2.24. The fraction of sp³-hybridized carbons (Fsp3) is 0.846. The summed E-state index contributed by atoms with van der Waals surface area (Å²) < 4.78 is 5.04. The van der Waals surface area contributed by atoms with Gasteiger partial charge in [-0.15, -0.1) is 0 Å². The van der Waals surface area contributed by atoms with E-state index >= 15 is 0 Å². The molecule has 0 aromatic heterocycles. The maximum atomic E-state index is 11.9. The molecule has 5 heteroatoms. The van der Waals surface area contributed by atoms with Crippen LogP contribution in [0.15, 0.2) is 0 Å². The Labute approximate surface area is 109 Å². The van der Waals surface area contributed by atoms with Gasteiger partial charge >= 0.3 is 6.09 Å². The molecule has 0 radical (unpaired) electrons. The molecular formula is C13H24N2O3. The minimum absolute atomic E-state index is 0.00585. The van der Waals surface area contributed by atoms with Crippen LogP contribution in [0.25, 0.3) is 0 Å². The second-order valence-corrected chi connectivity index (χ2v) is 5.98. The van der Waals surface area contributed by atoms with Crippen LogP contribution >= 0.6 is 0 Å². The zero-order chi connectivity index (χ0) is 13.8. The summed E-state index contributed by atoms with van der Waals surface area (Å²) in [6, 6.07) is 0. The largest absolute Gasteiger partial charge is 0.443 e. The van der Waals surface area contributed by atoms with Crippen molar-refractivity contribution in [1.82, 2.24) is 10.9 Å². The second-order valence-electron chi connectivity index (χ2n) is 5.98. The van der Waals surface area contributed by atoms with Gasteiger partial charge in [-0.05, 0) is 39.5 Å². The van der Waals surface area contributed by atoms with Crippen LogP contribution < -0.4 is 10.9 Å². The maximum absolute atomic E-state index is 11.9. The molecule has 1 aliphatic rings. The number of hydrazine groups is 1. The lowest BCUT2D eigenvalue weighted by atomic mass is 9.80. The molecular weight excluding hydrogens is 232 g/mol. The monoisotopic (exact) mass is 256 g/mol. The Hall–Kier alpha value is -1.26. The van der Waals surface area contributed by atoms with Crippen LogP contribution in [0.5, 0.6) is 0 Å². The molecule has 18 heavy (non-hydrogen) atoms. The van der Waals surface area contributed by atoms with Gasteiger partial charge in [0.15, 0.2) is 0 Å². The number of rotatable bonds is 1. The molecule has 0 saturated heterocycles. The Balaban J connectivity index is 2.34. The molecule has 1 saturated carbocycles. The first kappa shape index (κ1) is 14.8. The van der Waals surface area contributed by atoms with E-state index in [1.54, 1.807) is 20.8 Å². The minimum Gasteiger partial charge on any atom is -0.443 e. The van der Waals surface area contributed by atoms with Gasteiger partial charge in [-0.2, -0.15) is 0 Å². The van der Waals surface area contributed by atoms with E-state index in [1.807, 2.05) is 0 Å². The molecule has 0 aromatic rings. The van der Waals surface area contributed by atoms with Gasteiger partial charge < -0.3 is 4.74 Å². The van der Waals surface area contributed by atoms with Crippen LogP contribution in [0.2, 0.25) is 0 Å². The Bertz CT molecular complexity index is 310. The van der Waals surface area contributed by atoms with Gasteiger partial charge in [-0.1, -0.05) is 19.8 Å². The highest BCUT2D eigenvalue weighted by molar-refractivity contribution is 5.81. The summed E-state index contributed by atoms with van der Waals surface area (Å²) in [6.07, 6.45) is 3.60. The van der Waals surface area contributed by atoms with Gasteiger partial charge in [-0.3, -0.25) is 10.2 Å². The Morgan fingerprint density at radius 1 is 1.11 bits per heavy atom. The van der Waals surface area contributed by atoms with Crippen LogP contribution in [-0.2, 0) is 9.53 Å². The lowest BCUT2D eigenvalue weighted by Crippen LogP contribution is -2.48. The van der Waals surface area contributed by atoms with Gasteiger partial charge in [0.05, 0.1) is 0 Å². The van der Waals surface area contributed by atoms with E-state index in [2.05, 4.69) is 17.8 Å². The van der Waals surface area contributed by atoms with E-state index in [9.17, 15) is 9.59 Å². The van der Waals surface area contributed by atoms with Crippen molar-refractivity contribution in [3.05, 3.63) is 0 Å². The molecule has 0 aromatic carbocycles. The molecule has 0 unspecified atom stereocenters. The van der Waals surface area contributed by atoms with Crippen molar-refractivity contribution in [2.24, 2.45) is 11.8 Å². The summed E-state index contributed by atoms with van der Waals surface area (Å²) in [5.74, 6) is 0.251. The summed E-state index contributed by atoms with van der Waals surface area (Å²) in [6.45, 7) is 7.41. The number of hydrogen-bond acceptors (Lipinski definition) is 3. The predicted molar refractivity (Wildman–Crippen MR) is 68.6 cm³/mol. The Morgan fingerprint density at radius 3 is 2.28 bits per heavy atom. The summed E-state index contributed by atoms with van der Waals surface area (Å²) in [4.78, 5) is 23.3. The molecule has 2 amide bonds. The van der Waals surface area contributed by atoms with Gasteiger partial charge in [0, 0.05) is 5.92 Å². The molecule has 1 fully saturated rings. The van der Waals surface area contributed by atoms with E-state index in [0.717, 1.165) is 19.3 Å². The molecule has 0 bridgehead atoms.